The molecule has 1 aromatic carbocycles. The summed E-state index contributed by atoms with van der Waals surface area (Å²) in [6.07, 6.45) is 5.91. The number of rotatable bonds is 5. The van der Waals surface area contributed by atoms with Gasteiger partial charge in [0.25, 0.3) is 5.91 Å². The third kappa shape index (κ3) is 5.33. The second-order valence-corrected chi connectivity index (χ2v) is 7.10. The number of nitrogens with one attached hydrogen (secondary N) is 3. The maximum atomic E-state index is 12.2. The zero-order valence-electron chi connectivity index (χ0n) is 14.1. The Hall–Kier alpha value is -1.30. The Morgan fingerprint density at radius 1 is 1.08 bits per heavy atom. The fourth-order valence-corrected chi connectivity index (χ4v) is 3.84. The van der Waals surface area contributed by atoms with Crippen molar-refractivity contribution in [2.45, 2.75) is 44.2 Å². The van der Waals surface area contributed by atoms with Gasteiger partial charge in [-0.05, 0) is 49.4 Å². The van der Waals surface area contributed by atoms with Crippen molar-refractivity contribution in [2.75, 3.05) is 13.1 Å². The molecule has 3 rings (SSSR count). The first-order chi connectivity index (χ1) is 11.6. The predicted molar refractivity (Wildman–Crippen MR) is 101 cm³/mol. The summed E-state index contributed by atoms with van der Waals surface area (Å²) >= 11 is 5.80. The number of halogens is 2. The predicted octanol–water partition coefficient (Wildman–Crippen LogP) is 2.53. The van der Waals surface area contributed by atoms with Gasteiger partial charge in [-0.25, -0.2) is 0 Å². The number of hydrogen-bond donors (Lipinski definition) is 3. The van der Waals surface area contributed by atoms with E-state index in [1.165, 1.54) is 25.7 Å². The summed E-state index contributed by atoms with van der Waals surface area (Å²) in [4.78, 5) is 24.2. The van der Waals surface area contributed by atoms with Crippen LogP contribution in [0.2, 0.25) is 5.02 Å². The van der Waals surface area contributed by atoms with Crippen molar-refractivity contribution < 1.29 is 9.59 Å². The molecule has 0 aromatic heterocycles. The highest BCUT2D eigenvalue weighted by atomic mass is 35.5. The Kier molecular flexibility index (Phi) is 7.54. The minimum Gasteiger partial charge on any atom is -0.353 e. The molecule has 2 amide bonds. The van der Waals surface area contributed by atoms with Crippen LogP contribution in [0.15, 0.2) is 24.3 Å². The smallest absolute Gasteiger partial charge is 0.251 e. The summed E-state index contributed by atoms with van der Waals surface area (Å²) < 4.78 is 0. The Morgan fingerprint density at radius 2 is 1.76 bits per heavy atom. The first-order valence-corrected chi connectivity index (χ1v) is 9.09. The zero-order valence-corrected chi connectivity index (χ0v) is 15.7. The molecule has 7 heteroatoms. The maximum absolute atomic E-state index is 12.2. The van der Waals surface area contributed by atoms with Crippen molar-refractivity contribution in [3.63, 3.8) is 0 Å². The normalized spacial score (nSPS) is 24.8. The van der Waals surface area contributed by atoms with E-state index in [1.807, 2.05) is 0 Å². The van der Waals surface area contributed by atoms with Gasteiger partial charge < -0.3 is 16.0 Å². The lowest BCUT2D eigenvalue weighted by molar-refractivity contribution is -0.122. The molecule has 1 aliphatic heterocycles. The van der Waals surface area contributed by atoms with Gasteiger partial charge in [0.1, 0.15) is 0 Å². The highest BCUT2D eigenvalue weighted by molar-refractivity contribution is 6.30. The van der Waals surface area contributed by atoms with Crippen LogP contribution in [-0.2, 0) is 4.79 Å². The minimum atomic E-state index is -0.161. The Morgan fingerprint density at radius 3 is 2.48 bits per heavy atom. The van der Waals surface area contributed by atoms with E-state index in [4.69, 9.17) is 11.6 Å². The van der Waals surface area contributed by atoms with Gasteiger partial charge in [-0.2, -0.15) is 0 Å². The standard InChI is InChI=1S/C18H24ClN3O2.ClH/c19-14-7-5-12(6-8-14)17(23)20-9-10-21-18(24)16-11-13-3-1-2-4-15(13)22-16;/h5-8,13,15-16,22H,1-4,9-11H2,(H,20,23)(H,21,24);1H. The van der Waals surface area contributed by atoms with Gasteiger partial charge in [-0.3, -0.25) is 9.59 Å². The number of hydrogen-bond acceptors (Lipinski definition) is 3. The van der Waals surface area contributed by atoms with Crippen LogP contribution < -0.4 is 16.0 Å². The highest BCUT2D eigenvalue weighted by Gasteiger charge is 2.37. The van der Waals surface area contributed by atoms with Gasteiger partial charge in [-0.1, -0.05) is 24.4 Å². The van der Waals surface area contributed by atoms with Crippen LogP contribution in [0.25, 0.3) is 0 Å². The van der Waals surface area contributed by atoms with Gasteiger partial charge >= 0.3 is 0 Å². The SMILES string of the molecule is Cl.O=C(NCCNC(=O)C1CC2CCCCC2N1)c1ccc(Cl)cc1. The monoisotopic (exact) mass is 385 g/mol. The quantitative estimate of drug-likeness (QED) is 0.682. The van der Waals surface area contributed by atoms with Crippen LogP contribution in [-0.4, -0.2) is 37.0 Å². The number of carbonyl (C=O) groups is 2. The van der Waals surface area contributed by atoms with E-state index in [2.05, 4.69) is 16.0 Å². The zero-order chi connectivity index (χ0) is 16.9. The number of amides is 2. The molecule has 2 aliphatic rings. The maximum Gasteiger partial charge on any atom is 0.251 e. The average Bonchev–Trinajstić information content (AvgIpc) is 3.03. The molecule has 0 radical (unpaired) electrons. The van der Waals surface area contributed by atoms with E-state index in [0.29, 0.717) is 35.6 Å². The van der Waals surface area contributed by atoms with Crippen LogP contribution in [0.1, 0.15) is 42.5 Å². The molecule has 0 spiro atoms. The summed E-state index contributed by atoms with van der Waals surface area (Å²) in [6, 6.07) is 7.16. The van der Waals surface area contributed by atoms with Crippen molar-refractivity contribution in [1.82, 2.24) is 16.0 Å². The molecule has 0 bridgehead atoms. The molecule has 1 saturated carbocycles. The number of benzene rings is 1. The fraction of sp³-hybridized carbons (Fsp3) is 0.556. The molecule has 3 atom stereocenters. The fourth-order valence-electron chi connectivity index (χ4n) is 3.71. The van der Waals surface area contributed by atoms with Gasteiger partial charge in [0, 0.05) is 29.7 Å². The topological polar surface area (TPSA) is 70.2 Å². The van der Waals surface area contributed by atoms with Crippen molar-refractivity contribution in [3.8, 4) is 0 Å². The van der Waals surface area contributed by atoms with E-state index >= 15 is 0 Å². The molecule has 3 N–H and O–H groups in total. The lowest BCUT2D eigenvalue weighted by Gasteiger charge is -2.24. The molecule has 1 aliphatic carbocycles. The summed E-state index contributed by atoms with van der Waals surface area (Å²) in [5.41, 5.74) is 0.562. The van der Waals surface area contributed by atoms with Gasteiger partial charge in [0.2, 0.25) is 5.91 Å². The van der Waals surface area contributed by atoms with Crippen molar-refractivity contribution >= 4 is 35.8 Å². The summed E-state index contributed by atoms with van der Waals surface area (Å²) in [7, 11) is 0. The van der Waals surface area contributed by atoms with Gasteiger partial charge in [0.05, 0.1) is 6.04 Å². The van der Waals surface area contributed by atoms with Crippen LogP contribution >= 0.6 is 24.0 Å². The first-order valence-electron chi connectivity index (χ1n) is 8.71. The molecule has 138 valence electrons. The molecular weight excluding hydrogens is 361 g/mol. The second-order valence-electron chi connectivity index (χ2n) is 6.66. The number of carbonyl (C=O) groups excluding carboxylic acids is 2. The van der Waals surface area contributed by atoms with E-state index in [9.17, 15) is 9.59 Å². The molecule has 1 saturated heterocycles. The molecule has 1 aromatic rings. The van der Waals surface area contributed by atoms with E-state index in [-0.39, 0.29) is 30.3 Å². The van der Waals surface area contributed by atoms with E-state index in [0.717, 1.165) is 6.42 Å². The van der Waals surface area contributed by atoms with Crippen LogP contribution in [0, 0.1) is 5.92 Å². The van der Waals surface area contributed by atoms with E-state index < -0.39 is 0 Å². The Balaban J connectivity index is 0.00000225. The van der Waals surface area contributed by atoms with E-state index in [1.54, 1.807) is 24.3 Å². The molecule has 2 fully saturated rings. The van der Waals surface area contributed by atoms with Crippen LogP contribution in [0.4, 0.5) is 0 Å². The highest BCUT2D eigenvalue weighted by Crippen LogP contribution is 2.33. The second kappa shape index (κ2) is 9.41. The van der Waals surface area contributed by atoms with Crippen LogP contribution in [0.3, 0.4) is 0 Å². The lowest BCUT2D eigenvalue weighted by Crippen LogP contribution is -2.45. The van der Waals surface area contributed by atoms with Gasteiger partial charge in [0.15, 0.2) is 0 Å². The third-order valence-corrected chi connectivity index (χ3v) is 5.25. The van der Waals surface area contributed by atoms with Crippen molar-refractivity contribution in [3.05, 3.63) is 34.9 Å². The number of fused-ring (bicyclic) bond motifs is 1. The molecule has 5 nitrogen and oxygen atoms in total. The summed E-state index contributed by atoms with van der Waals surface area (Å²) in [5.74, 6) is 0.537. The van der Waals surface area contributed by atoms with Crippen LogP contribution in [0.5, 0.6) is 0 Å². The molecule has 3 unspecified atom stereocenters. The Bertz CT molecular complexity index is 580. The minimum absolute atomic E-state index is 0. The third-order valence-electron chi connectivity index (χ3n) is 5.00. The lowest BCUT2D eigenvalue weighted by atomic mass is 9.85. The summed E-state index contributed by atoms with van der Waals surface area (Å²) in [6.45, 7) is 0.846. The largest absolute Gasteiger partial charge is 0.353 e. The first kappa shape index (κ1) is 20.0. The molecular formula is C18H25Cl2N3O2. The average molecular weight is 386 g/mol. The summed E-state index contributed by atoms with van der Waals surface area (Å²) in [5, 5.41) is 9.77. The molecule has 1 heterocycles. The Labute approximate surface area is 159 Å². The molecule has 25 heavy (non-hydrogen) atoms. The van der Waals surface area contributed by atoms with Gasteiger partial charge in [-0.15, -0.1) is 12.4 Å². The van der Waals surface area contributed by atoms with Crippen molar-refractivity contribution in [2.24, 2.45) is 5.92 Å². The van der Waals surface area contributed by atoms with Crippen molar-refractivity contribution in [1.29, 1.82) is 0 Å².